The van der Waals surface area contributed by atoms with E-state index in [9.17, 15) is 4.39 Å². The largest absolute Gasteiger partial charge is 0.490 e. The lowest BCUT2D eigenvalue weighted by molar-refractivity contribution is 0.186. The molecule has 1 aliphatic carbocycles. The van der Waals surface area contributed by atoms with Crippen LogP contribution in [0.1, 0.15) is 30.9 Å². The van der Waals surface area contributed by atoms with E-state index in [1.807, 2.05) is 23.9 Å². The van der Waals surface area contributed by atoms with Crippen LogP contribution in [0.2, 0.25) is 0 Å². The fourth-order valence-corrected chi connectivity index (χ4v) is 4.05. The Morgan fingerprint density at radius 2 is 2.15 bits per heavy atom. The predicted octanol–water partition coefficient (Wildman–Crippen LogP) is 4.18. The summed E-state index contributed by atoms with van der Waals surface area (Å²) in [5.74, 6) is 1.14. The normalized spacial score (nSPS) is 19.2. The molecule has 1 unspecified atom stereocenters. The Morgan fingerprint density at radius 1 is 1.22 bits per heavy atom. The molecule has 0 saturated heterocycles. The second-order valence-electron chi connectivity index (χ2n) is 6.46. The van der Waals surface area contributed by atoms with Crippen molar-refractivity contribution in [2.45, 2.75) is 36.2 Å². The van der Waals surface area contributed by atoms with E-state index < -0.39 is 0 Å². The van der Waals surface area contributed by atoms with E-state index in [1.54, 1.807) is 24.5 Å². The maximum Gasteiger partial charge on any atom is 0.142 e. The number of anilines is 1. The van der Waals surface area contributed by atoms with Gasteiger partial charge in [0.2, 0.25) is 0 Å². The quantitative estimate of drug-likeness (QED) is 0.642. The summed E-state index contributed by atoms with van der Waals surface area (Å²) >= 11 is 1.17. The zero-order chi connectivity index (χ0) is 18.6. The van der Waals surface area contributed by atoms with Gasteiger partial charge < -0.3 is 9.46 Å². The molecule has 0 amide bonds. The Labute approximate surface area is 161 Å². The zero-order valence-electron chi connectivity index (χ0n) is 14.9. The standard InChI is InChI=1S/C19H20FN5OS/c1-25-16(7-10-23-25)14-3-2-4-17(14)26-13-5-6-18(15(20)11-13)27-24-19-8-9-21-12-22-19/h5-12,14,17H,2-4H2,1H3,(H,21,22,24)/t14-,17?/m0/s1. The van der Waals surface area contributed by atoms with E-state index in [-0.39, 0.29) is 17.8 Å². The number of halogens is 1. The smallest absolute Gasteiger partial charge is 0.142 e. The summed E-state index contributed by atoms with van der Waals surface area (Å²) in [6, 6.07) is 8.73. The molecule has 0 spiro atoms. The molecule has 2 heterocycles. The van der Waals surface area contributed by atoms with Gasteiger partial charge in [-0.3, -0.25) is 4.68 Å². The molecule has 140 valence electrons. The minimum absolute atomic E-state index is 0.0393. The number of rotatable bonds is 6. The summed E-state index contributed by atoms with van der Waals surface area (Å²) in [6.45, 7) is 0. The molecule has 0 radical (unpaired) electrons. The number of hydrogen-bond acceptors (Lipinski definition) is 6. The van der Waals surface area contributed by atoms with Gasteiger partial charge in [-0.2, -0.15) is 5.10 Å². The zero-order valence-corrected chi connectivity index (χ0v) is 15.7. The maximum atomic E-state index is 14.5. The van der Waals surface area contributed by atoms with E-state index in [4.69, 9.17) is 4.74 Å². The highest BCUT2D eigenvalue weighted by molar-refractivity contribution is 8.00. The number of aromatic nitrogens is 4. The Balaban J connectivity index is 1.42. The van der Waals surface area contributed by atoms with Crippen LogP contribution < -0.4 is 9.46 Å². The van der Waals surface area contributed by atoms with Crippen LogP contribution in [0.15, 0.2) is 53.9 Å². The Bertz CT molecular complexity index is 904. The molecule has 3 aromatic rings. The van der Waals surface area contributed by atoms with Crippen LogP contribution in [-0.2, 0) is 7.05 Å². The lowest BCUT2D eigenvalue weighted by Crippen LogP contribution is -2.22. The van der Waals surface area contributed by atoms with Gasteiger partial charge >= 0.3 is 0 Å². The van der Waals surface area contributed by atoms with E-state index >= 15 is 0 Å². The predicted molar refractivity (Wildman–Crippen MR) is 102 cm³/mol. The van der Waals surface area contributed by atoms with E-state index in [0.717, 1.165) is 19.3 Å². The number of nitrogens with one attached hydrogen (secondary N) is 1. The average molecular weight is 385 g/mol. The van der Waals surface area contributed by atoms with E-state index in [0.29, 0.717) is 16.5 Å². The van der Waals surface area contributed by atoms with Gasteiger partial charge in [0.15, 0.2) is 0 Å². The number of nitrogens with zero attached hydrogens (tertiary/aromatic N) is 4. The fourth-order valence-electron chi connectivity index (χ4n) is 3.42. The third-order valence-electron chi connectivity index (χ3n) is 4.73. The van der Waals surface area contributed by atoms with Crippen molar-refractivity contribution in [3.8, 4) is 5.75 Å². The fraction of sp³-hybridized carbons (Fsp3) is 0.316. The Hall–Kier alpha value is -2.61. The highest BCUT2D eigenvalue weighted by atomic mass is 32.2. The molecule has 27 heavy (non-hydrogen) atoms. The van der Waals surface area contributed by atoms with Gasteiger partial charge in [-0.15, -0.1) is 0 Å². The van der Waals surface area contributed by atoms with Gasteiger partial charge in [-0.1, -0.05) is 0 Å². The van der Waals surface area contributed by atoms with Crippen molar-refractivity contribution in [1.29, 1.82) is 0 Å². The van der Waals surface area contributed by atoms with Crippen LogP contribution in [0.25, 0.3) is 0 Å². The molecule has 1 aliphatic rings. The van der Waals surface area contributed by atoms with Crippen LogP contribution >= 0.6 is 11.9 Å². The van der Waals surface area contributed by atoms with Crippen molar-refractivity contribution in [1.82, 2.24) is 19.7 Å². The average Bonchev–Trinajstić information content (AvgIpc) is 3.30. The monoisotopic (exact) mass is 385 g/mol. The second kappa shape index (κ2) is 7.96. The van der Waals surface area contributed by atoms with E-state index in [2.05, 4.69) is 19.8 Å². The van der Waals surface area contributed by atoms with Crippen LogP contribution in [-0.4, -0.2) is 25.9 Å². The van der Waals surface area contributed by atoms with Gasteiger partial charge in [-0.25, -0.2) is 14.4 Å². The number of hydrogen-bond donors (Lipinski definition) is 1. The summed E-state index contributed by atoms with van der Waals surface area (Å²) < 4.78 is 25.5. The van der Waals surface area contributed by atoms with Crippen molar-refractivity contribution < 1.29 is 9.13 Å². The Morgan fingerprint density at radius 3 is 2.89 bits per heavy atom. The van der Waals surface area contributed by atoms with Gasteiger partial charge in [0.1, 0.15) is 29.8 Å². The first-order chi connectivity index (χ1) is 13.2. The lowest BCUT2D eigenvalue weighted by atomic mass is 10.0. The molecule has 1 saturated carbocycles. The lowest BCUT2D eigenvalue weighted by Gasteiger charge is -2.21. The summed E-state index contributed by atoms with van der Waals surface area (Å²) in [6.07, 6.45) is 8.03. The molecule has 8 heteroatoms. The van der Waals surface area contributed by atoms with Crippen molar-refractivity contribution in [3.63, 3.8) is 0 Å². The van der Waals surface area contributed by atoms with Gasteiger partial charge in [0, 0.05) is 37.1 Å². The molecule has 1 N–H and O–H groups in total. The molecular formula is C19H20FN5OS. The SMILES string of the molecule is Cn1nccc1[C@@H]1CCCC1Oc1ccc(SNc2ccncn2)c(F)c1. The minimum Gasteiger partial charge on any atom is -0.490 e. The first-order valence-corrected chi connectivity index (χ1v) is 9.65. The number of benzene rings is 1. The third-order valence-corrected chi connectivity index (χ3v) is 5.59. The van der Waals surface area contributed by atoms with Crippen molar-refractivity contribution >= 4 is 17.8 Å². The Kier molecular flexibility index (Phi) is 5.24. The molecule has 0 bridgehead atoms. The molecule has 6 nitrogen and oxygen atoms in total. The summed E-state index contributed by atoms with van der Waals surface area (Å²) in [5, 5.41) is 4.26. The molecule has 2 atom stereocenters. The van der Waals surface area contributed by atoms with Gasteiger partial charge in [0.05, 0.1) is 4.90 Å². The summed E-state index contributed by atoms with van der Waals surface area (Å²) in [5.41, 5.74) is 1.17. The highest BCUT2D eigenvalue weighted by Crippen LogP contribution is 2.37. The number of aryl methyl sites for hydroxylation is 1. The van der Waals surface area contributed by atoms with Crippen LogP contribution in [0.3, 0.4) is 0 Å². The maximum absolute atomic E-state index is 14.5. The van der Waals surface area contributed by atoms with Crippen LogP contribution in [0, 0.1) is 5.82 Å². The molecule has 2 aromatic heterocycles. The van der Waals surface area contributed by atoms with E-state index in [1.165, 1.54) is 30.0 Å². The third kappa shape index (κ3) is 4.05. The summed E-state index contributed by atoms with van der Waals surface area (Å²) in [7, 11) is 1.95. The van der Waals surface area contributed by atoms with Crippen molar-refractivity contribution in [2.24, 2.45) is 7.05 Å². The first-order valence-electron chi connectivity index (χ1n) is 8.83. The number of ether oxygens (including phenoxy) is 1. The molecular weight excluding hydrogens is 365 g/mol. The van der Waals surface area contributed by atoms with Crippen LogP contribution in [0.5, 0.6) is 5.75 Å². The highest BCUT2D eigenvalue weighted by Gasteiger charge is 2.32. The van der Waals surface area contributed by atoms with Gasteiger partial charge in [0.25, 0.3) is 0 Å². The molecule has 1 fully saturated rings. The topological polar surface area (TPSA) is 64.9 Å². The molecule has 0 aliphatic heterocycles. The van der Waals surface area contributed by atoms with Crippen molar-refractivity contribution in [2.75, 3.05) is 4.72 Å². The first kappa shape index (κ1) is 17.8. The molecule has 4 rings (SSSR count). The van der Waals surface area contributed by atoms with Gasteiger partial charge in [-0.05, 0) is 55.5 Å². The van der Waals surface area contributed by atoms with Crippen molar-refractivity contribution in [3.05, 3.63) is 60.6 Å². The molecule has 1 aromatic carbocycles. The van der Waals surface area contributed by atoms with Crippen LogP contribution in [0.4, 0.5) is 10.2 Å². The minimum atomic E-state index is -0.325. The second-order valence-corrected chi connectivity index (χ2v) is 7.31. The summed E-state index contributed by atoms with van der Waals surface area (Å²) in [4.78, 5) is 8.39.